The molecule has 0 spiro atoms. The Balaban J connectivity index is 7.46. The highest BCUT2D eigenvalue weighted by Gasteiger charge is 2.19. The van der Waals surface area contributed by atoms with Crippen LogP contribution in [-0.2, 0) is 23.1 Å². The van der Waals surface area contributed by atoms with Gasteiger partial charge in [-0.3, -0.25) is 9.36 Å². The van der Waals surface area contributed by atoms with Crippen LogP contribution in [0.25, 0.3) is 0 Å². The van der Waals surface area contributed by atoms with Crippen molar-refractivity contribution >= 4 is 13.8 Å². The zero-order valence-corrected chi connectivity index (χ0v) is 20.1. The molecule has 0 amide bonds. The summed E-state index contributed by atoms with van der Waals surface area (Å²) in [5.74, 6) is -2.60. The van der Waals surface area contributed by atoms with E-state index in [1.54, 1.807) is 21.1 Å². The number of hydrogen-bond acceptors (Lipinski definition) is 7. The molecule has 210 valence electrons. The van der Waals surface area contributed by atoms with Gasteiger partial charge in [0.25, 0.3) is 7.82 Å². The van der Waals surface area contributed by atoms with Crippen LogP contribution in [0.4, 0.5) is 0 Å². The maximum Gasteiger partial charge on any atom is 0.306 e. The molecule has 0 aromatic heterocycles. The molecule has 2 atom stereocenters. The maximum atomic E-state index is 13.0. The van der Waals surface area contributed by atoms with E-state index in [0.717, 1.165) is 0 Å². The Labute approximate surface area is 264 Å². The molecule has 0 radical (unpaired) electrons. The number of phosphoric ester groups is 1. The number of esters is 1. The summed E-state index contributed by atoms with van der Waals surface area (Å²) >= 11 is 0. The van der Waals surface area contributed by atoms with E-state index >= 15 is 0 Å². The highest BCUT2D eigenvalue weighted by Crippen LogP contribution is 2.38. The molecule has 0 bridgehead atoms. The molecule has 1 N–H and O–H groups in total. The van der Waals surface area contributed by atoms with Crippen molar-refractivity contribution in [3.63, 3.8) is 0 Å². The summed E-state index contributed by atoms with van der Waals surface area (Å²) in [4.78, 5) is 25.2. The molecule has 9 heteroatoms. The number of phosphoric acid groups is 1. The molecule has 0 fully saturated rings. The van der Waals surface area contributed by atoms with Crippen LogP contribution in [0.15, 0.2) is 0 Å². The fraction of sp³-hybridized carbons (Fsp3) is 0.962. The number of ether oxygens (including phenoxy) is 1. The second-order valence-electron chi connectivity index (χ2n) is 6.80. The zero-order valence-electron chi connectivity index (χ0n) is 54.2. The van der Waals surface area contributed by atoms with Crippen LogP contribution in [0, 0.1) is 0 Å². The molecule has 35 heavy (non-hydrogen) atoms. The third-order valence-electron chi connectivity index (χ3n) is 2.95. The highest BCUT2D eigenvalue weighted by atomic mass is 31.2. The smallest absolute Gasteiger partial charge is 0.306 e. The first-order valence-corrected chi connectivity index (χ1v) is 11.0. The molecule has 0 saturated heterocycles. The summed E-state index contributed by atoms with van der Waals surface area (Å²) in [6.45, 7) is -7.36. The normalized spacial score (nSPS) is 36.3. The predicted molar refractivity (Wildman–Crippen MR) is 139 cm³/mol. The second-order valence-corrected chi connectivity index (χ2v) is 8.21. The molecule has 0 saturated carbocycles. The van der Waals surface area contributed by atoms with Crippen molar-refractivity contribution in [2.75, 3.05) is 47.5 Å². The Bertz CT molecular complexity index is 1910. The zero-order chi connectivity index (χ0) is 57.6. The van der Waals surface area contributed by atoms with Crippen LogP contribution in [0.1, 0.15) is 157 Å². The van der Waals surface area contributed by atoms with Crippen molar-refractivity contribution in [2.45, 2.75) is 115 Å². The van der Waals surface area contributed by atoms with Crippen LogP contribution in [-0.4, -0.2) is 69.2 Å². The highest BCUT2D eigenvalue weighted by molar-refractivity contribution is 7.45. The van der Waals surface area contributed by atoms with E-state index in [-0.39, 0.29) is 11.0 Å². The average Bonchev–Trinajstić information content (AvgIpc) is 3.13. The van der Waals surface area contributed by atoms with Crippen LogP contribution in [0.2, 0.25) is 0 Å². The molecular weight excluding hydrogens is 469 g/mol. The molecule has 0 rings (SSSR count). The number of hydrogen-bond donors (Lipinski definition) is 1. The van der Waals surface area contributed by atoms with E-state index in [1.165, 1.54) is 0 Å². The monoisotopic (exact) mass is 559 g/mol. The minimum atomic E-state index is -5.34. The van der Waals surface area contributed by atoms with Crippen molar-refractivity contribution in [3.05, 3.63) is 0 Å². The van der Waals surface area contributed by atoms with Crippen LogP contribution < -0.4 is 4.89 Å². The number of carbonyl (C=O) groups is 1. The van der Waals surface area contributed by atoms with Gasteiger partial charge in [-0.05, 0) is 6.37 Å². The van der Waals surface area contributed by atoms with Crippen molar-refractivity contribution in [2.24, 2.45) is 0 Å². The lowest BCUT2D eigenvalue weighted by molar-refractivity contribution is -0.870. The van der Waals surface area contributed by atoms with E-state index in [4.69, 9.17) is 48.0 Å². The van der Waals surface area contributed by atoms with E-state index < -0.39 is 149 Å². The van der Waals surface area contributed by atoms with Gasteiger partial charge in [0.2, 0.25) is 0 Å². The largest absolute Gasteiger partial charge is 0.756 e. The van der Waals surface area contributed by atoms with Crippen LogP contribution >= 0.6 is 7.82 Å². The fourth-order valence-electron chi connectivity index (χ4n) is 1.43. The summed E-state index contributed by atoms with van der Waals surface area (Å²) in [6, 6.07) is 0. The number of carbonyl (C=O) groups excluding carboxylic acids is 1. The first-order chi connectivity index (χ1) is 29.8. The third-order valence-corrected chi connectivity index (χ3v) is 3.91. The average molecular weight is 559 g/mol. The van der Waals surface area contributed by atoms with Crippen LogP contribution in [0.3, 0.4) is 0 Å². The molecule has 0 aliphatic carbocycles. The van der Waals surface area contributed by atoms with E-state index in [9.17, 15) is 19.4 Å². The Morgan fingerprint density at radius 3 is 1.86 bits per heavy atom. The first-order valence-electron chi connectivity index (χ1n) is 27.0. The lowest BCUT2D eigenvalue weighted by Crippen LogP contribution is -2.37. The maximum absolute atomic E-state index is 13.0. The van der Waals surface area contributed by atoms with Crippen molar-refractivity contribution in [3.8, 4) is 0 Å². The summed E-state index contributed by atoms with van der Waals surface area (Å²) in [5, 5.41) is 9.63. The van der Waals surface area contributed by atoms with Gasteiger partial charge in [-0.2, -0.15) is 0 Å². The first kappa shape index (κ1) is 8.25. The predicted octanol–water partition coefficient (Wildman–Crippen LogP) is 5.36. The van der Waals surface area contributed by atoms with Gasteiger partial charge in [0.1, 0.15) is 19.3 Å². The Kier molecular flexibility index (Phi) is 5.09. The number of aliphatic hydroxyl groups excluding tert-OH is 1. The molecule has 0 aliphatic heterocycles. The standard InChI is InChI=1S/C26H54NO7P/c1-5-6-7-8-9-10-11-12-13-14-15-16-17-18-19-20-26(29)34-25(23-28)24-33-35(30,31)32-22-21-27(2,3)4/h25,28H,5-24H2,1-4H3/t25-/m1/s1/i1D3,5D2,6D2,7D2,8D2,9D2,10D2,11D2,12D2,13D2,14D2,15D2,16D2,17D2,18D2,19D2,20D2. The Morgan fingerprint density at radius 1 is 0.914 bits per heavy atom. The summed E-state index contributed by atoms with van der Waals surface area (Å²) in [7, 11) is -0.308. The third kappa shape index (κ3) is 25.0. The Hall–Kier alpha value is -0.500. The molecular formula is C26H54NO7P. The van der Waals surface area contributed by atoms with Gasteiger partial charge >= 0.3 is 5.97 Å². The van der Waals surface area contributed by atoms with Gasteiger partial charge in [0, 0.05) is 54.3 Å². The van der Waals surface area contributed by atoms with Gasteiger partial charge in [-0.25, -0.2) is 0 Å². The molecule has 0 aromatic rings. The molecule has 1 unspecified atom stereocenters. The van der Waals surface area contributed by atoms with Gasteiger partial charge in [0.15, 0.2) is 0 Å². The van der Waals surface area contributed by atoms with Crippen molar-refractivity contribution in [1.29, 1.82) is 0 Å². The summed E-state index contributed by atoms with van der Waals surface area (Å²) < 4.78 is 310. The van der Waals surface area contributed by atoms with Crippen LogP contribution in [0.5, 0.6) is 0 Å². The SMILES string of the molecule is [2H]C([2H])([2H])C([2H])([2H])C([2H])([2H])C([2H])([2H])C([2H])([2H])C([2H])([2H])C([2H])([2H])C([2H])([2H])C([2H])([2H])C([2H])([2H])C([2H])([2H])C([2H])([2H])C([2H])([2H])C([2H])([2H])C([2H])([2H])C([2H])([2H])C([2H])([2H])C(=O)O[C@H](CO)COP(=O)([O-])OCC[N+](C)(C)C. The Morgan fingerprint density at radius 2 is 1.40 bits per heavy atom. The van der Waals surface area contributed by atoms with Crippen molar-refractivity contribution < 1.29 is 85.6 Å². The minimum absolute atomic E-state index is 0.0945. The van der Waals surface area contributed by atoms with E-state index in [1.807, 2.05) is 0 Å². The second kappa shape index (κ2) is 21.6. The summed E-state index contributed by atoms with van der Waals surface area (Å²) in [5.41, 5.74) is 0. The molecule has 0 aliphatic rings. The molecule has 0 aromatic carbocycles. The minimum Gasteiger partial charge on any atom is -0.756 e. The van der Waals surface area contributed by atoms with Gasteiger partial charge in [-0.1, -0.05) is 96.1 Å². The van der Waals surface area contributed by atoms with Gasteiger partial charge in [0.05, 0.1) is 34.4 Å². The summed E-state index contributed by atoms with van der Waals surface area (Å²) in [6.07, 6.45) is -83.6. The van der Waals surface area contributed by atoms with E-state index in [2.05, 4.69) is 13.8 Å². The molecule has 0 heterocycles. The lowest BCUT2D eigenvalue weighted by Gasteiger charge is -2.28. The number of rotatable bonds is 25. The van der Waals surface area contributed by atoms with Gasteiger partial charge in [-0.15, -0.1) is 0 Å². The number of quaternary nitrogens is 1. The number of nitrogens with zero attached hydrogens (tertiary/aromatic N) is 1. The number of likely N-dealkylation sites (N-methyl/N-ethyl adjacent to an activating group) is 1. The van der Waals surface area contributed by atoms with E-state index in [0.29, 0.717) is 0 Å². The number of aliphatic hydroxyl groups is 1. The topological polar surface area (TPSA) is 105 Å². The fourth-order valence-corrected chi connectivity index (χ4v) is 2.16. The molecule has 8 nitrogen and oxygen atoms in total. The van der Waals surface area contributed by atoms with Gasteiger partial charge < -0.3 is 28.3 Å². The quantitative estimate of drug-likeness (QED) is 0.0913. The lowest BCUT2D eigenvalue weighted by atomic mass is 10.0. The van der Waals surface area contributed by atoms with Crippen molar-refractivity contribution in [1.82, 2.24) is 0 Å².